The van der Waals surface area contributed by atoms with Crippen molar-refractivity contribution in [3.8, 4) is 0 Å². The quantitative estimate of drug-likeness (QED) is 0.899. The van der Waals surface area contributed by atoms with Crippen LogP contribution in [-0.2, 0) is 18.2 Å². The molecule has 1 aliphatic carbocycles. The molecule has 1 aromatic heterocycles. The average molecular weight is 263 g/mol. The van der Waals surface area contributed by atoms with Crippen LogP contribution in [0.15, 0.2) is 12.4 Å². The fraction of sp³-hybridized carbons (Fsp3) is 0.800. The molecule has 106 valence electrons. The minimum atomic E-state index is 0.271. The lowest BCUT2D eigenvalue weighted by Crippen LogP contribution is -2.69. The van der Waals surface area contributed by atoms with Crippen molar-refractivity contribution < 1.29 is 4.74 Å². The van der Waals surface area contributed by atoms with Crippen LogP contribution in [0.3, 0.4) is 0 Å². The molecule has 0 spiro atoms. The van der Waals surface area contributed by atoms with E-state index in [2.05, 4.69) is 35.8 Å². The van der Waals surface area contributed by atoms with Gasteiger partial charge in [-0.25, -0.2) is 4.98 Å². The van der Waals surface area contributed by atoms with Crippen molar-refractivity contribution in [3.05, 3.63) is 18.2 Å². The molecule has 2 aliphatic rings. The van der Waals surface area contributed by atoms with Crippen molar-refractivity contribution in [2.45, 2.75) is 45.3 Å². The lowest BCUT2D eigenvalue weighted by molar-refractivity contribution is -0.192. The van der Waals surface area contributed by atoms with E-state index in [4.69, 9.17) is 4.74 Å². The summed E-state index contributed by atoms with van der Waals surface area (Å²) in [5.41, 5.74) is 0.271. The minimum absolute atomic E-state index is 0.271. The Morgan fingerprint density at radius 2 is 2.37 bits per heavy atom. The number of hydrogen-bond donors (Lipinski definition) is 1. The van der Waals surface area contributed by atoms with E-state index in [1.54, 1.807) is 0 Å². The lowest BCUT2D eigenvalue weighted by atomic mass is 9.55. The molecule has 3 unspecified atom stereocenters. The Kier molecular flexibility index (Phi) is 3.39. The minimum Gasteiger partial charge on any atom is -0.377 e. The van der Waals surface area contributed by atoms with E-state index < -0.39 is 0 Å². The van der Waals surface area contributed by atoms with Gasteiger partial charge >= 0.3 is 0 Å². The van der Waals surface area contributed by atoms with Gasteiger partial charge < -0.3 is 14.6 Å². The van der Waals surface area contributed by atoms with Gasteiger partial charge in [0.05, 0.1) is 6.10 Å². The molecule has 19 heavy (non-hydrogen) atoms. The number of imidazole rings is 1. The summed E-state index contributed by atoms with van der Waals surface area (Å²) in [7, 11) is 2.06. The highest BCUT2D eigenvalue weighted by Crippen LogP contribution is 2.51. The molecule has 1 saturated carbocycles. The summed E-state index contributed by atoms with van der Waals surface area (Å²) in [5.74, 6) is 1.87. The second-order valence-corrected chi connectivity index (χ2v) is 6.56. The number of hydrogen-bond acceptors (Lipinski definition) is 3. The maximum Gasteiger partial charge on any atom is 0.109 e. The summed E-state index contributed by atoms with van der Waals surface area (Å²) in [6, 6.07) is 0.595. The van der Waals surface area contributed by atoms with Crippen LogP contribution >= 0.6 is 0 Å². The number of aromatic nitrogens is 2. The van der Waals surface area contributed by atoms with Gasteiger partial charge in [-0.05, 0) is 12.8 Å². The van der Waals surface area contributed by atoms with Gasteiger partial charge in [0.25, 0.3) is 0 Å². The highest BCUT2D eigenvalue weighted by atomic mass is 16.5. The monoisotopic (exact) mass is 263 g/mol. The third-order valence-corrected chi connectivity index (χ3v) is 4.96. The van der Waals surface area contributed by atoms with Crippen LogP contribution in [0, 0.1) is 11.3 Å². The van der Waals surface area contributed by atoms with E-state index in [0.29, 0.717) is 18.1 Å². The predicted octanol–water partition coefficient (Wildman–Crippen LogP) is 1.76. The summed E-state index contributed by atoms with van der Waals surface area (Å²) in [4.78, 5) is 4.37. The zero-order valence-electron chi connectivity index (χ0n) is 12.2. The number of ether oxygens (including phenoxy) is 1. The fourth-order valence-corrected chi connectivity index (χ4v) is 3.91. The summed E-state index contributed by atoms with van der Waals surface area (Å²) >= 11 is 0. The first-order chi connectivity index (χ1) is 9.10. The maximum absolute atomic E-state index is 5.94. The van der Waals surface area contributed by atoms with Crippen molar-refractivity contribution in [2.75, 3.05) is 13.2 Å². The molecule has 1 aliphatic heterocycles. The highest BCUT2D eigenvalue weighted by Gasteiger charge is 2.57. The van der Waals surface area contributed by atoms with Gasteiger partial charge in [0.15, 0.2) is 0 Å². The van der Waals surface area contributed by atoms with Crippen LogP contribution < -0.4 is 5.32 Å². The highest BCUT2D eigenvalue weighted by molar-refractivity contribution is 5.10. The summed E-state index contributed by atoms with van der Waals surface area (Å²) < 4.78 is 8.03. The largest absolute Gasteiger partial charge is 0.377 e. The third kappa shape index (κ3) is 2.21. The van der Waals surface area contributed by atoms with Gasteiger partial charge in [-0.3, -0.25) is 0 Å². The van der Waals surface area contributed by atoms with Gasteiger partial charge in [-0.15, -0.1) is 0 Å². The van der Waals surface area contributed by atoms with E-state index >= 15 is 0 Å². The number of aryl methyl sites for hydroxylation is 1. The molecule has 2 heterocycles. The van der Waals surface area contributed by atoms with Crippen LogP contribution in [-0.4, -0.2) is 34.8 Å². The first-order valence-corrected chi connectivity index (χ1v) is 7.42. The number of rotatable bonds is 4. The molecule has 1 N–H and O–H groups in total. The SMILES string of the molecule is Cn1ccnc1CCNC1C2CCCOC2C1(C)C. The summed E-state index contributed by atoms with van der Waals surface area (Å²) in [5, 5.41) is 3.74. The molecule has 0 radical (unpaired) electrons. The third-order valence-electron chi connectivity index (χ3n) is 4.96. The topological polar surface area (TPSA) is 39.1 Å². The Morgan fingerprint density at radius 1 is 1.53 bits per heavy atom. The van der Waals surface area contributed by atoms with Crippen LogP contribution in [0.2, 0.25) is 0 Å². The van der Waals surface area contributed by atoms with E-state index in [1.165, 1.54) is 12.8 Å². The molecule has 0 bridgehead atoms. The molecule has 0 aromatic carbocycles. The maximum atomic E-state index is 5.94. The Balaban J connectivity index is 1.54. The predicted molar refractivity (Wildman–Crippen MR) is 74.9 cm³/mol. The zero-order chi connectivity index (χ0) is 13.5. The van der Waals surface area contributed by atoms with Crippen LogP contribution in [0.1, 0.15) is 32.5 Å². The van der Waals surface area contributed by atoms with Crippen LogP contribution in [0.4, 0.5) is 0 Å². The molecule has 4 nitrogen and oxygen atoms in total. The van der Waals surface area contributed by atoms with Gasteiger partial charge in [0.2, 0.25) is 0 Å². The molecule has 3 atom stereocenters. The van der Waals surface area contributed by atoms with Gasteiger partial charge in [0.1, 0.15) is 5.82 Å². The van der Waals surface area contributed by atoms with Gasteiger partial charge in [0, 0.05) is 56.4 Å². The van der Waals surface area contributed by atoms with E-state index in [9.17, 15) is 0 Å². The number of nitrogens with one attached hydrogen (secondary N) is 1. The Hall–Kier alpha value is -0.870. The summed E-state index contributed by atoms with van der Waals surface area (Å²) in [6.45, 7) is 6.61. The normalized spacial score (nSPS) is 32.7. The van der Waals surface area contributed by atoms with Gasteiger partial charge in [-0.2, -0.15) is 0 Å². The van der Waals surface area contributed by atoms with E-state index in [-0.39, 0.29) is 5.41 Å². The first kappa shape index (κ1) is 13.1. The molecule has 1 saturated heterocycles. The summed E-state index contributed by atoms with van der Waals surface area (Å²) in [6.07, 6.45) is 7.87. The fourth-order valence-electron chi connectivity index (χ4n) is 3.91. The number of fused-ring (bicyclic) bond motifs is 1. The first-order valence-electron chi connectivity index (χ1n) is 7.42. The van der Waals surface area contributed by atoms with Crippen LogP contribution in [0.5, 0.6) is 0 Å². The Bertz CT molecular complexity index is 440. The second kappa shape index (κ2) is 4.91. The number of nitrogens with zero attached hydrogens (tertiary/aromatic N) is 2. The second-order valence-electron chi connectivity index (χ2n) is 6.56. The Labute approximate surface area is 115 Å². The molecule has 4 heteroatoms. The standard InChI is InChI=1S/C15H25N3O/c1-15(2)13(11-5-4-10-19-14(11)15)17-7-6-12-16-8-9-18(12)3/h8-9,11,13-14,17H,4-7,10H2,1-3H3. The molecule has 3 rings (SSSR count). The van der Waals surface area contributed by atoms with Crippen molar-refractivity contribution in [2.24, 2.45) is 18.4 Å². The lowest BCUT2D eigenvalue weighted by Gasteiger charge is -2.60. The molecular weight excluding hydrogens is 238 g/mol. The van der Waals surface area contributed by atoms with Crippen molar-refractivity contribution >= 4 is 0 Å². The van der Waals surface area contributed by atoms with E-state index in [0.717, 1.165) is 25.4 Å². The zero-order valence-corrected chi connectivity index (χ0v) is 12.2. The van der Waals surface area contributed by atoms with Crippen molar-refractivity contribution in [1.82, 2.24) is 14.9 Å². The van der Waals surface area contributed by atoms with Crippen molar-refractivity contribution in [1.29, 1.82) is 0 Å². The smallest absolute Gasteiger partial charge is 0.109 e. The van der Waals surface area contributed by atoms with Crippen LogP contribution in [0.25, 0.3) is 0 Å². The molecule has 2 fully saturated rings. The molecular formula is C15H25N3O. The van der Waals surface area contributed by atoms with Gasteiger partial charge in [-0.1, -0.05) is 13.8 Å². The molecule has 0 amide bonds. The van der Waals surface area contributed by atoms with Crippen molar-refractivity contribution in [3.63, 3.8) is 0 Å². The Morgan fingerprint density at radius 3 is 3.11 bits per heavy atom. The molecule has 1 aromatic rings. The van der Waals surface area contributed by atoms with E-state index in [1.807, 2.05) is 12.4 Å². The average Bonchev–Trinajstić information content (AvgIpc) is 2.80.